The standard InChI is InChI=1S/C29H29N3O3/c1-2-34-25-15-13-24(14-16-25)27-17-18-29(32-31-27)35-20-19-30-28(33)21-26(22-9-5-3-6-10-22)23-11-7-4-8-12-23/h3-18,26H,2,19-21H2,1H3,(H,30,33). The summed E-state index contributed by atoms with van der Waals surface area (Å²) in [5.41, 5.74) is 3.94. The molecule has 0 bridgehead atoms. The summed E-state index contributed by atoms with van der Waals surface area (Å²) < 4.78 is 11.1. The van der Waals surface area contributed by atoms with Gasteiger partial charge in [0.15, 0.2) is 0 Å². The van der Waals surface area contributed by atoms with Crippen molar-refractivity contribution < 1.29 is 14.3 Å². The van der Waals surface area contributed by atoms with Crippen molar-refractivity contribution in [2.24, 2.45) is 0 Å². The number of nitrogens with one attached hydrogen (secondary N) is 1. The third-order valence-corrected chi connectivity index (χ3v) is 5.57. The first-order valence-electron chi connectivity index (χ1n) is 11.8. The Hall–Kier alpha value is -4.19. The summed E-state index contributed by atoms with van der Waals surface area (Å²) in [6, 6.07) is 31.6. The minimum atomic E-state index is -0.0248. The van der Waals surface area contributed by atoms with E-state index in [1.165, 1.54) is 0 Å². The van der Waals surface area contributed by atoms with Crippen LogP contribution in [0.4, 0.5) is 0 Å². The highest BCUT2D eigenvalue weighted by atomic mass is 16.5. The number of hydrogen-bond acceptors (Lipinski definition) is 5. The molecule has 0 saturated carbocycles. The Balaban J connectivity index is 1.26. The summed E-state index contributed by atoms with van der Waals surface area (Å²) in [5, 5.41) is 11.3. The summed E-state index contributed by atoms with van der Waals surface area (Å²) in [5.74, 6) is 1.22. The second-order valence-electron chi connectivity index (χ2n) is 7.99. The van der Waals surface area contributed by atoms with E-state index in [2.05, 4.69) is 39.8 Å². The molecule has 4 aromatic rings. The SMILES string of the molecule is CCOc1ccc(-c2ccc(OCCNC(=O)CC(c3ccccc3)c3ccccc3)nn2)cc1. The second kappa shape index (κ2) is 12.3. The lowest BCUT2D eigenvalue weighted by Crippen LogP contribution is -2.29. The first-order chi connectivity index (χ1) is 17.2. The second-order valence-corrected chi connectivity index (χ2v) is 7.99. The van der Waals surface area contributed by atoms with Gasteiger partial charge < -0.3 is 14.8 Å². The van der Waals surface area contributed by atoms with Crippen molar-refractivity contribution in [3.8, 4) is 22.9 Å². The third-order valence-electron chi connectivity index (χ3n) is 5.57. The molecule has 0 aliphatic carbocycles. The molecule has 3 aromatic carbocycles. The minimum absolute atomic E-state index is 0.000620. The van der Waals surface area contributed by atoms with Crippen LogP contribution in [-0.2, 0) is 4.79 Å². The normalized spacial score (nSPS) is 10.7. The summed E-state index contributed by atoms with van der Waals surface area (Å²) in [6.45, 7) is 3.28. The maximum atomic E-state index is 12.7. The fraction of sp³-hybridized carbons (Fsp3) is 0.207. The number of aromatic nitrogens is 2. The number of carbonyl (C=O) groups is 1. The van der Waals surface area contributed by atoms with Gasteiger partial charge in [-0.25, -0.2) is 0 Å². The van der Waals surface area contributed by atoms with E-state index in [1.807, 2.05) is 73.7 Å². The molecule has 6 heteroatoms. The molecular weight excluding hydrogens is 438 g/mol. The molecular formula is C29H29N3O3. The average molecular weight is 468 g/mol. The van der Waals surface area contributed by atoms with E-state index < -0.39 is 0 Å². The van der Waals surface area contributed by atoms with Gasteiger partial charge in [-0.05, 0) is 48.4 Å². The zero-order chi connectivity index (χ0) is 24.3. The smallest absolute Gasteiger partial charge is 0.233 e. The Bertz CT molecular complexity index is 1140. The summed E-state index contributed by atoms with van der Waals surface area (Å²) in [6.07, 6.45) is 0.366. The van der Waals surface area contributed by atoms with Crippen molar-refractivity contribution in [3.63, 3.8) is 0 Å². The highest BCUT2D eigenvalue weighted by Crippen LogP contribution is 2.27. The van der Waals surface area contributed by atoms with Crippen LogP contribution in [0.15, 0.2) is 97.1 Å². The summed E-state index contributed by atoms with van der Waals surface area (Å²) in [7, 11) is 0. The van der Waals surface area contributed by atoms with Crippen molar-refractivity contribution in [2.75, 3.05) is 19.8 Å². The maximum absolute atomic E-state index is 12.7. The Morgan fingerprint density at radius 2 is 1.46 bits per heavy atom. The molecule has 0 fully saturated rings. The largest absolute Gasteiger partial charge is 0.494 e. The number of ether oxygens (including phenoxy) is 2. The number of carbonyl (C=O) groups excluding carboxylic acids is 1. The van der Waals surface area contributed by atoms with Gasteiger partial charge in [0.1, 0.15) is 12.4 Å². The third kappa shape index (κ3) is 6.90. The van der Waals surface area contributed by atoms with Gasteiger partial charge in [-0.1, -0.05) is 60.7 Å². The van der Waals surface area contributed by atoms with E-state index in [-0.39, 0.29) is 11.8 Å². The molecule has 0 unspecified atom stereocenters. The van der Waals surface area contributed by atoms with Crippen molar-refractivity contribution in [1.29, 1.82) is 0 Å². The molecule has 4 rings (SSSR count). The van der Waals surface area contributed by atoms with Gasteiger partial charge in [0, 0.05) is 24.0 Å². The lowest BCUT2D eigenvalue weighted by molar-refractivity contribution is -0.121. The van der Waals surface area contributed by atoms with Crippen LogP contribution in [0.25, 0.3) is 11.3 Å². The van der Waals surface area contributed by atoms with E-state index in [0.29, 0.717) is 32.1 Å². The zero-order valence-corrected chi connectivity index (χ0v) is 19.8. The molecule has 35 heavy (non-hydrogen) atoms. The van der Waals surface area contributed by atoms with Crippen LogP contribution in [0.1, 0.15) is 30.4 Å². The topological polar surface area (TPSA) is 73.3 Å². The van der Waals surface area contributed by atoms with Crippen molar-refractivity contribution in [2.45, 2.75) is 19.3 Å². The molecule has 1 aromatic heterocycles. The zero-order valence-electron chi connectivity index (χ0n) is 19.8. The van der Waals surface area contributed by atoms with E-state index in [0.717, 1.165) is 28.1 Å². The molecule has 1 heterocycles. The van der Waals surface area contributed by atoms with Crippen LogP contribution >= 0.6 is 0 Å². The van der Waals surface area contributed by atoms with Gasteiger partial charge in [0.25, 0.3) is 0 Å². The first kappa shape index (κ1) is 24.0. The van der Waals surface area contributed by atoms with Crippen LogP contribution in [0.2, 0.25) is 0 Å². The van der Waals surface area contributed by atoms with E-state index in [9.17, 15) is 4.79 Å². The van der Waals surface area contributed by atoms with Gasteiger partial charge in [-0.15, -0.1) is 10.2 Å². The molecule has 0 atom stereocenters. The number of hydrogen-bond donors (Lipinski definition) is 1. The average Bonchev–Trinajstić information content (AvgIpc) is 2.92. The van der Waals surface area contributed by atoms with Crippen LogP contribution in [0.5, 0.6) is 11.6 Å². The van der Waals surface area contributed by atoms with Crippen molar-refractivity contribution in [3.05, 3.63) is 108 Å². The highest BCUT2D eigenvalue weighted by Gasteiger charge is 2.17. The fourth-order valence-electron chi connectivity index (χ4n) is 3.84. The molecule has 0 spiro atoms. The highest BCUT2D eigenvalue weighted by molar-refractivity contribution is 5.77. The minimum Gasteiger partial charge on any atom is -0.494 e. The molecule has 1 N–H and O–H groups in total. The molecule has 0 aliphatic rings. The quantitative estimate of drug-likeness (QED) is 0.305. The number of benzene rings is 3. The predicted octanol–water partition coefficient (Wildman–Crippen LogP) is 5.26. The molecule has 0 aliphatic heterocycles. The van der Waals surface area contributed by atoms with Crippen LogP contribution in [0.3, 0.4) is 0 Å². The number of rotatable bonds is 11. The summed E-state index contributed by atoms with van der Waals surface area (Å²) in [4.78, 5) is 12.7. The molecule has 6 nitrogen and oxygen atoms in total. The predicted molar refractivity (Wildman–Crippen MR) is 136 cm³/mol. The lowest BCUT2D eigenvalue weighted by Gasteiger charge is -2.18. The van der Waals surface area contributed by atoms with Crippen LogP contribution in [-0.4, -0.2) is 35.9 Å². The maximum Gasteiger partial charge on any atom is 0.233 e. The fourth-order valence-corrected chi connectivity index (χ4v) is 3.84. The van der Waals surface area contributed by atoms with E-state index in [4.69, 9.17) is 9.47 Å². The monoisotopic (exact) mass is 467 g/mol. The Kier molecular flexibility index (Phi) is 8.43. The lowest BCUT2D eigenvalue weighted by atomic mass is 9.88. The molecule has 178 valence electrons. The molecule has 0 radical (unpaired) electrons. The Morgan fingerprint density at radius 3 is 2.03 bits per heavy atom. The summed E-state index contributed by atoms with van der Waals surface area (Å²) >= 11 is 0. The number of amides is 1. The number of nitrogens with zero attached hydrogens (tertiary/aromatic N) is 2. The van der Waals surface area contributed by atoms with E-state index >= 15 is 0 Å². The van der Waals surface area contributed by atoms with Gasteiger partial charge in [0.2, 0.25) is 11.8 Å². The van der Waals surface area contributed by atoms with Gasteiger partial charge in [-0.2, -0.15) is 0 Å². The van der Waals surface area contributed by atoms with Crippen molar-refractivity contribution >= 4 is 5.91 Å². The van der Waals surface area contributed by atoms with Crippen molar-refractivity contribution in [1.82, 2.24) is 15.5 Å². The van der Waals surface area contributed by atoms with Gasteiger partial charge >= 0.3 is 0 Å². The van der Waals surface area contributed by atoms with Crippen LogP contribution in [0, 0.1) is 0 Å². The first-order valence-corrected chi connectivity index (χ1v) is 11.8. The molecule has 0 saturated heterocycles. The van der Waals surface area contributed by atoms with E-state index in [1.54, 1.807) is 6.07 Å². The molecule has 1 amide bonds. The Labute approximate surface area is 206 Å². The van der Waals surface area contributed by atoms with Crippen LogP contribution < -0.4 is 14.8 Å². The van der Waals surface area contributed by atoms with Gasteiger partial charge in [-0.3, -0.25) is 4.79 Å². The Morgan fingerprint density at radius 1 is 0.800 bits per heavy atom. The van der Waals surface area contributed by atoms with Gasteiger partial charge in [0.05, 0.1) is 18.8 Å².